The van der Waals surface area contributed by atoms with Gasteiger partial charge in [-0.2, -0.15) is 4.31 Å². The van der Waals surface area contributed by atoms with Gasteiger partial charge >= 0.3 is 0 Å². The smallest absolute Gasteiger partial charge is 0.260 e. The summed E-state index contributed by atoms with van der Waals surface area (Å²) in [5.74, 6) is 0.430. The van der Waals surface area contributed by atoms with Gasteiger partial charge in [0.25, 0.3) is 5.91 Å². The number of halogens is 1. The van der Waals surface area contributed by atoms with E-state index in [0.29, 0.717) is 61.4 Å². The van der Waals surface area contributed by atoms with E-state index in [1.165, 1.54) is 27.8 Å². The summed E-state index contributed by atoms with van der Waals surface area (Å²) in [7, 11) is -2.03. The highest BCUT2D eigenvalue weighted by Crippen LogP contribution is 2.34. The van der Waals surface area contributed by atoms with Gasteiger partial charge in [-0.15, -0.1) is 12.4 Å². The van der Waals surface area contributed by atoms with Gasteiger partial charge in [0.1, 0.15) is 11.3 Å². The molecule has 12 heteroatoms. The van der Waals surface area contributed by atoms with Crippen LogP contribution in [0.5, 0.6) is 5.75 Å². The van der Waals surface area contributed by atoms with Crippen molar-refractivity contribution < 1.29 is 22.7 Å². The molecule has 3 aromatic rings. The topological polar surface area (TPSA) is 92.3 Å². The largest absolute Gasteiger partial charge is 0.494 e. The van der Waals surface area contributed by atoms with Crippen LogP contribution in [0.1, 0.15) is 24.2 Å². The number of methoxy groups -OCH3 is 1. The van der Waals surface area contributed by atoms with Crippen LogP contribution in [0.2, 0.25) is 0 Å². The second kappa shape index (κ2) is 13.0. The third-order valence-electron chi connectivity index (χ3n) is 6.31. The van der Waals surface area contributed by atoms with Crippen molar-refractivity contribution in [1.82, 2.24) is 14.2 Å². The number of hydrogen-bond donors (Lipinski definition) is 0. The van der Waals surface area contributed by atoms with E-state index in [1.807, 2.05) is 18.2 Å². The fourth-order valence-electron chi connectivity index (χ4n) is 4.12. The minimum atomic E-state index is -3.63. The van der Waals surface area contributed by atoms with E-state index in [4.69, 9.17) is 14.5 Å². The molecule has 0 atom stereocenters. The molecule has 0 bridgehead atoms. The van der Waals surface area contributed by atoms with Crippen molar-refractivity contribution >= 4 is 55.0 Å². The number of likely N-dealkylation sites (N-methyl/N-ethyl adjacent to an activating group) is 1. The lowest BCUT2D eigenvalue weighted by Gasteiger charge is -2.26. The van der Waals surface area contributed by atoms with Crippen molar-refractivity contribution in [3.8, 4) is 5.75 Å². The molecule has 0 radical (unpaired) electrons. The average Bonchev–Trinajstić information content (AvgIpc) is 3.35. The molecule has 0 spiro atoms. The minimum Gasteiger partial charge on any atom is -0.494 e. The number of amides is 1. The first-order chi connectivity index (χ1) is 17.4. The van der Waals surface area contributed by atoms with E-state index in [9.17, 15) is 13.2 Å². The fraction of sp³-hybridized carbons (Fsp3) is 0.440. The van der Waals surface area contributed by atoms with E-state index in [1.54, 1.807) is 24.1 Å². The zero-order chi connectivity index (χ0) is 25.7. The van der Waals surface area contributed by atoms with E-state index >= 15 is 0 Å². The van der Waals surface area contributed by atoms with Crippen LogP contribution < -0.4 is 9.64 Å². The van der Waals surface area contributed by atoms with Crippen molar-refractivity contribution in [3.63, 3.8) is 0 Å². The summed E-state index contributed by atoms with van der Waals surface area (Å²) in [6.45, 7) is 8.48. The predicted octanol–water partition coefficient (Wildman–Crippen LogP) is 3.74. The first-order valence-electron chi connectivity index (χ1n) is 12.0. The van der Waals surface area contributed by atoms with E-state index in [2.05, 4.69) is 18.7 Å². The van der Waals surface area contributed by atoms with Crippen LogP contribution in [0.4, 0.5) is 5.13 Å². The highest BCUT2D eigenvalue weighted by atomic mass is 35.5. The third-order valence-corrected chi connectivity index (χ3v) is 9.27. The molecule has 1 aliphatic rings. The lowest BCUT2D eigenvalue weighted by molar-refractivity contribution is 0.0730. The van der Waals surface area contributed by atoms with Crippen LogP contribution in [-0.4, -0.2) is 88.1 Å². The molecule has 9 nitrogen and oxygen atoms in total. The summed E-state index contributed by atoms with van der Waals surface area (Å²) in [6, 6.07) is 11.9. The normalized spacial score (nSPS) is 14.5. The molecule has 2 heterocycles. The summed E-state index contributed by atoms with van der Waals surface area (Å²) in [5, 5.41) is 0.580. The second-order valence-corrected chi connectivity index (χ2v) is 11.3. The first-order valence-corrected chi connectivity index (χ1v) is 14.3. The lowest BCUT2D eigenvalue weighted by Crippen LogP contribution is -2.40. The summed E-state index contributed by atoms with van der Waals surface area (Å²) in [4.78, 5) is 22.5. The monoisotopic (exact) mass is 568 g/mol. The van der Waals surface area contributed by atoms with Crippen LogP contribution in [0.15, 0.2) is 47.4 Å². The molecule has 0 N–H and O–H groups in total. The lowest BCUT2D eigenvalue weighted by atomic mass is 10.2. The minimum absolute atomic E-state index is 0. The molecule has 0 saturated carbocycles. The zero-order valence-corrected chi connectivity index (χ0v) is 23.7. The SMILES string of the molecule is CCN(CC)CCN(C(=O)c1ccc(S(=O)(=O)N2CCOCC2)cc1)c1nc2c(OC)cccc2s1.Cl. The number of nitrogens with zero attached hydrogens (tertiary/aromatic N) is 4. The van der Waals surface area contributed by atoms with E-state index in [-0.39, 0.29) is 23.2 Å². The highest BCUT2D eigenvalue weighted by molar-refractivity contribution is 7.89. The van der Waals surface area contributed by atoms with Crippen molar-refractivity contribution in [2.45, 2.75) is 18.7 Å². The summed E-state index contributed by atoms with van der Waals surface area (Å²) >= 11 is 1.43. The number of aromatic nitrogens is 1. The van der Waals surface area contributed by atoms with Gasteiger partial charge in [0.2, 0.25) is 10.0 Å². The number of anilines is 1. The van der Waals surface area contributed by atoms with Crippen molar-refractivity contribution in [2.75, 3.05) is 64.5 Å². The Morgan fingerprint density at radius 1 is 1.08 bits per heavy atom. The third kappa shape index (κ3) is 6.42. The average molecular weight is 569 g/mol. The maximum atomic E-state index is 13.7. The van der Waals surface area contributed by atoms with Gasteiger partial charge in [-0.1, -0.05) is 31.3 Å². The Morgan fingerprint density at radius 2 is 1.76 bits per heavy atom. The van der Waals surface area contributed by atoms with Gasteiger partial charge in [0, 0.05) is 31.7 Å². The van der Waals surface area contributed by atoms with Gasteiger partial charge in [-0.05, 0) is 49.5 Å². The summed E-state index contributed by atoms with van der Waals surface area (Å²) < 4.78 is 39.0. The molecule has 1 aliphatic heterocycles. The van der Waals surface area contributed by atoms with Crippen molar-refractivity contribution in [2.24, 2.45) is 0 Å². The number of rotatable bonds is 10. The van der Waals surface area contributed by atoms with Crippen LogP contribution in [0.3, 0.4) is 0 Å². The molecule has 202 valence electrons. The number of sulfonamides is 1. The molecule has 1 saturated heterocycles. The number of para-hydroxylation sites is 1. The number of benzene rings is 2. The Bertz CT molecular complexity index is 1290. The maximum absolute atomic E-state index is 13.7. The Hall–Kier alpha value is -2.28. The Kier molecular flexibility index (Phi) is 10.3. The molecule has 0 unspecified atom stereocenters. The van der Waals surface area contributed by atoms with Gasteiger partial charge in [-0.3, -0.25) is 9.69 Å². The standard InChI is InChI=1S/C25H32N4O5S2.ClH/c1-4-27(5-2)13-14-29(25-26-23-21(33-3)7-6-8-22(23)35-25)24(30)19-9-11-20(12-10-19)36(31,32)28-15-17-34-18-16-28;/h6-12H,4-5,13-18H2,1-3H3;1H. The maximum Gasteiger partial charge on any atom is 0.260 e. The van der Waals surface area contributed by atoms with Gasteiger partial charge < -0.3 is 14.4 Å². The van der Waals surface area contributed by atoms with Gasteiger partial charge in [-0.25, -0.2) is 13.4 Å². The summed E-state index contributed by atoms with van der Waals surface area (Å²) in [6.07, 6.45) is 0. The Balaban J connectivity index is 0.00000380. The molecule has 1 fully saturated rings. The highest BCUT2D eigenvalue weighted by Gasteiger charge is 2.27. The Labute approximate surface area is 228 Å². The van der Waals surface area contributed by atoms with Crippen molar-refractivity contribution in [3.05, 3.63) is 48.0 Å². The number of hydrogen-bond acceptors (Lipinski definition) is 8. The number of thiazole rings is 1. The van der Waals surface area contributed by atoms with E-state index in [0.717, 1.165) is 17.8 Å². The molecular formula is C25H33ClN4O5S2. The van der Waals surface area contributed by atoms with Gasteiger partial charge in [0.15, 0.2) is 5.13 Å². The Morgan fingerprint density at radius 3 is 2.38 bits per heavy atom. The van der Waals surface area contributed by atoms with Gasteiger partial charge in [0.05, 0.1) is 29.9 Å². The molecule has 37 heavy (non-hydrogen) atoms. The number of ether oxygens (including phenoxy) is 2. The predicted molar refractivity (Wildman–Crippen MR) is 149 cm³/mol. The second-order valence-electron chi connectivity index (χ2n) is 8.33. The van der Waals surface area contributed by atoms with E-state index < -0.39 is 10.0 Å². The molecular weight excluding hydrogens is 536 g/mol. The summed E-state index contributed by atoms with van der Waals surface area (Å²) in [5.41, 5.74) is 1.12. The molecule has 4 rings (SSSR count). The zero-order valence-electron chi connectivity index (χ0n) is 21.3. The number of carbonyl (C=O) groups excluding carboxylic acids is 1. The fourth-order valence-corrected chi connectivity index (χ4v) is 6.53. The first kappa shape index (κ1) is 29.3. The molecule has 2 aromatic carbocycles. The number of morpholine rings is 1. The number of carbonyl (C=O) groups is 1. The van der Waals surface area contributed by atoms with Crippen LogP contribution in [-0.2, 0) is 14.8 Å². The molecule has 1 amide bonds. The number of fused-ring (bicyclic) bond motifs is 1. The van der Waals surface area contributed by atoms with Crippen LogP contribution in [0.25, 0.3) is 10.2 Å². The van der Waals surface area contributed by atoms with Crippen LogP contribution in [0, 0.1) is 0 Å². The van der Waals surface area contributed by atoms with Crippen molar-refractivity contribution in [1.29, 1.82) is 0 Å². The quantitative estimate of drug-likeness (QED) is 0.368. The molecule has 1 aromatic heterocycles. The van der Waals surface area contributed by atoms with Crippen LogP contribution >= 0.6 is 23.7 Å². The molecule has 0 aliphatic carbocycles.